The maximum absolute atomic E-state index is 5.97. The second-order valence-corrected chi connectivity index (χ2v) is 7.68. The van der Waals surface area contributed by atoms with Crippen LogP contribution in [0.25, 0.3) is 0 Å². The summed E-state index contributed by atoms with van der Waals surface area (Å²) < 4.78 is 11.8. The van der Waals surface area contributed by atoms with Crippen LogP contribution in [0.15, 0.2) is 30.3 Å². The van der Waals surface area contributed by atoms with Crippen LogP contribution in [0, 0.1) is 5.92 Å². The summed E-state index contributed by atoms with van der Waals surface area (Å²) in [4.78, 5) is 9.24. The van der Waals surface area contributed by atoms with Crippen molar-refractivity contribution in [2.75, 3.05) is 53.0 Å². The average molecular weight is 379 g/mol. The van der Waals surface area contributed by atoms with E-state index in [0.29, 0.717) is 12.0 Å². The topological polar surface area (TPSA) is 49.3 Å². The Bertz CT molecular complexity index is 479. The molecule has 0 bridgehead atoms. The number of ether oxygens (including phenoxy) is 2. The molecular weight excluding hydrogens is 340 g/mol. The molecule has 6 heteroatoms. The van der Waals surface area contributed by atoms with Gasteiger partial charge in [-0.15, -0.1) is 13.2 Å². The van der Waals surface area contributed by atoms with Crippen molar-refractivity contribution in [3.8, 4) is 0 Å². The molecular formula is C21H38N4O2. The third kappa shape index (κ3) is 6.33. The van der Waals surface area contributed by atoms with E-state index in [0.717, 1.165) is 64.7 Å². The fraction of sp³-hybridized carbons (Fsp3) is 0.762. The van der Waals surface area contributed by atoms with Gasteiger partial charge in [0.05, 0.1) is 12.7 Å². The Balaban J connectivity index is 1.95. The molecule has 0 saturated carbocycles. The highest BCUT2D eigenvalue weighted by Gasteiger charge is 2.32. The molecule has 0 radical (unpaired) electrons. The summed E-state index contributed by atoms with van der Waals surface area (Å²) >= 11 is 0. The summed E-state index contributed by atoms with van der Waals surface area (Å²) in [6.45, 7) is 18.1. The van der Waals surface area contributed by atoms with E-state index in [1.54, 1.807) is 0 Å². The average Bonchev–Trinajstić information content (AvgIpc) is 3.20. The summed E-state index contributed by atoms with van der Waals surface area (Å²) in [5.74, 6) is 1.46. The van der Waals surface area contributed by atoms with Gasteiger partial charge in [0.1, 0.15) is 6.10 Å². The molecule has 0 spiro atoms. The van der Waals surface area contributed by atoms with Crippen molar-refractivity contribution in [1.82, 2.24) is 15.1 Å². The third-order valence-corrected chi connectivity index (χ3v) is 5.42. The van der Waals surface area contributed by atoms with Gasteiger partial charge in [0.2, 0.25) is 0 Å². The molecule has 0 aromatic carbocycles. The molecule has 0 aromatic rings. The van der Waals surface area contributed by atoms with Gasteiger partial charge in [-0.1, -0.05) is 26.0 Å². The van der Waals surface area contributed by atoms with Crippen LogP contribution in [-0.2, 0) is 9.47 Å². The third-order valence-electron chi connectivity index (χ3n) is 5.42. The lowest BCUT2D eigenvalue weighted by Crippen LogP contribution is -2.55. The molecule has 2 heterocycles. The Morgan fingerprint density at radius 2 is 1.93 bits per heavy atom. The Morgan fingerprint density at radius 3 is 2.48 bits per heavy atom. The van der Waals surface area contributed by atoms with E-state index < -0.39 is 0 Å². The zero-order chi connectivity index (χ0) is 19.6. The maximum Gasteiger partial charge on any atom is 0.193 e. The smallest absolute Gasteiger partial charge is 0.193 e. The molecule has 2 rings (SSSR count). The van der Waals surface area contributed by atoms with Crippen LogP contribution < -0.4 is 5.32 Å². The summed E-state index contributed by atoms with van der Waals surface area (Å²) in [5, 5.41) is 3.60. The van der Waals surface area contributed by atoms with Crippen LogP contribution in [0.4, 0.5) is 0 Å². The fourth-order valence-corrected chi connectivity index (χ4v) is 3.98. The number of hydrogen-bond acceptors (Lipinski definition) is 4. The first-order chi connectivity index (χ1) is 13.1. The van der Waals surface area contributed by atoms with Crippen molar-refractivity contribution >= 4 is 5.96 Å². The predicted molar refractivity (Wildman–Crippen MR) is 112 cm³/mol. The molecule has 2 aliphatic heterocycles. The maximum atomic E-state index is 5.97. The zero-order valence-electron chi connectivity index (χ0n) is 17.4. The van der Waals surface area contributed by atoms with Crippen LogP contribution >= 0.6 is 0 Å². The molecule has 1 N–H and O–H groups in total. The second-order valence-electron chi connectivity index (χ2n) is 7.68. The highest BCUT2D eigenvalue weighted by molar-refractivity contribution is 5.80. The second kappa shape index (κ2) is 11.5. The van der Waals surface area contributed by atoms with E-state index in [9.17, 15) is 0 Å². The lowest BCUT2D eigenvalue weighted by atomic mass is 10.0. The Hall–Kier alpha value is -1.37. The standard InChI is InChI=1S/C21H38N4O2/c1-6-10-24(11-7-2)18(17(3)4)15-23-21(22-5)25-12-14-27-20(16-25)19-9-8-13-26-19/h6-7,17-20H,1-2,8-16H2,3-5H3,(H,22,23). The lowest BCUT2D eigenvalue weighted by Gasteiger charge is -2.38. The number of hydrogen-bond donors (Lipinski definition) is 1. The van der Waals surface area contributed by atoms with Gasteiger partial charge < -0.3 is 19.7 Å². The number of morpholine rings is 1. The minimum Gasteiger partial charge on any atom is -0.375 e. The van der Waals surface area contributed by atoms with Crippen molar-refractivity contribution in [1.29, 1.82) is 0 Å². The van der Waals surface area contributed by atoms with E-state index in [1.165, 1.54) is 0 Å². The fourth-order valence-electron chi connectivity index (χ4n) is 3.98. The van der Waals surface area contributed by atoms with Crippen molar-refractivity contribution < 1.29 is 9.47 Å². The van der Waals surface area contributed by atoms with Crippen molar-refractivity contribution in [2.24, 2.45) is 10.9 Å². The van der Waals surface area contributed by atoms with Gasteiger partial charge in [-0.25, -0.2) is 0 Å². The number of rotatable bonds is 9. The van der Waals surface area contributed by atoms with Crippen molar-refractivity contribution in [2.45, 2.75) is 44.9 Å². The lowest BCUT2D eigenvalue weighted by molar-refractivity contribution is -0.0817. The highest BCUT2D eigenvalue weighted by atomic mass is 16.5. The van der Waals surface area contributed by atoms with Gasteiger partial charge in [0.25, 0.3) is 0 Å². The van der Waals surface area contributed by atoms with Crippen LogP contribution in [0.2, 0.25) is 0 Å². The van der Waals surface area contributed by atoms with E-state index >= 15 is 0 Å². The van der Waals surface area contributed by atoms with Gasteiger partial charge in [-0.05, 0) is 18.8 Å². The normalized spacial score (nSPS) is 25.1. The Labute approximate surface area is 165 Å². The van der Waals surface area contributed by atoms with E-state index in [4.69, 9.17) is 9.47 Å². The number of guanidine groups is 1. The monoisotopic (exact) mass is 378 g/mol. The largest absolute Gasteiger partial charge is 0.375 e. The van der Waals surface area contributed by atoms with Gasteiger partial charge in [0, 0.05) is 52.4 Å². The molecule has 154 valence electrons. The summed E-state index contributed by atoms with van der Waals surface area (Å²) in [7, 11) is 1.86. The number of nitrogens with zero attached hydrogens (tertiary/aromatic N) is 3. The minimum absolute atomic E-state index is 0.138. The number of nitrogens with one attached hydrogen (secondary N) is 1. The molecule has 0 aromatic heterocycles. The highest BCUT2D eigenvalue weighted by Crippen LogP contribution is 2.21. The zero-order valence-corrected chi connectivity index (χ0v) is 17.4. The quantitative estimate of drug-likeness (QED) is 0.378. The Morgan fingerprint density at radius 1 is 1.22 bits per heavy atom. The van der Waals surface area contributed by atoms with Crippen LogP contribution in [-0.4, -0.2) is 87.0 Å². The van der Waals surface area contributed by atoms with Crippen molar-refractivity contribution in [3.63, 3.8) is 0 Å². The van der Waals surface area contributed by atoms with Gasteiger partial charge in [-0.3, -0.25) is 9.89 Å². The summed E-state index contributed by atoms with van der Waals surface area (Å²) in [6.07, 6.45) is 6.52. The molecule has 3 unspecified atom stereocenters. The van der Waals surface area contributed by atoms with Crippen LogP contribution in [0.1, 0.15) is 26.7 Å². The van der Waals surface area contributed by atoms with E-state index in [1.807, 2.05) is 19.2 Å². The summed E-state index contributed by atoms with van der Waals surface area (Å²) in [6, 6.07) is 0.382. The SMILES string of the molecule is C=CCN(CC=C)C(CNC(=NC)N1CCOC(C2CCCO2)C1)C(C)C. The molecule has 0 amide bonds. The predicted octanol–water partition coefficient (Wildman–Crippen LogP) is 2.14. The Kier molecular flexibility index (Phi) is 9.31. The molecule has 6 nitrogen and oxygen atoms in total. The first kappa shape index (κ1) is 21.9. The molecule has 3 atom stereocenters. The number of aliphatic imine (C=N–C) groups is 1. The van der Waals surface area contributed by atoms with Crippen LogP contribution in [0.3, 0.4) is 0 Å². The van der Waals surface area contributed by atoms with Crippen molar-refractivity contribution in [3.05, 3.63) is 25.3 Å². The minimum atomic E-state index is 0.138. The first-order valence-electron chi connectivity index (χ1n) is 10.2. The molecule has 0 aliphatic carbocycles. The molecule has 2 aliphatic rings. The molecule has 2 fully saturated rings. The van der Waals surface area contributed by atoms with E-state index in [-0.39, 0.29) is 12.2 Å². The first-order valence-corrected chi connectivity index (χ1v) is 10.2. The van der Waals surface area contributed by atoms with E-state index in [2.05, 4.69) is 47.1 Å². The molecule has 2 saturated heterocycles. The molecule has 27 heavy (non-hydrogen) atoms. The summed E-state index contributed by atoms with van der Waals surface area (Å²) in [5.41, 5.74) is 0. The van der Waals surface area contributed by atoms with Crippen LogP contribution in [0.5, 0.6) is 0 Å². The van der Waals surface area contributed by atoms with Gasteiger partial charge >= 0.3 is 0 Å². The van der Waals surface area contributed by atoms with Gasteiger partial charge in [0.15, 0.2) is 5.96 Å². The van der Waals surface area contributed by atoms with Gasteiger partial charge in [-0.2, -0.15) is 0 Å².